The highest BCUT2D eigenvalue weighted by molar-refractivity contribution is 5.56. The number of rotatable bonds is 3. The van der Waals surface area contributed by atoms with E-state index in [2.05, 4.69) is 14.9 Å². The van der Waals surface area contributed by atoms with Gasteiger partial charge < -0.3 is 4.98 Å². The van der Waals surface area contributed by atoms with Crippen molar-refractivity contribution in [1.29, 1.82) is 0 Å². The monoisotopic (exact) mass is 385 g/mol. The molecule has 0 atom stereocenters. The molecule has 0 amide bonds. The van der Waals surface area contributed by atoms with Gasteiger partial charge in [-0.2, -0.15) is 13.2 Å². The van der Waals surface area contributed by atoms with E-state index in [0.29, 0.717) is 35.6 Å². The van der Waals surface area contributed by atoms with E-state index in [1.54, 1.807) is 0 Å². The maximum Gasteiger partial charge on any atom is 0.416 e. The molecule has 0 spiro atoms. The van der Waals surface area contributed by atoms with Crippen LogP contribution in [0.4, 0.5) is 13.2 Å². The first kappa shape index (κ1) is 18.4. The molecule has 3 aromatic rings. The van der Waals surface area contributed by atoms with Crippen LogP contribution in [0.1, 0.15) is 22.4 Å². The van der Waals surface area contributed by atoms with Gasteiger partial charge in [-0.3, -0.25) is 9.69 Å². The van der Waals surface area contributed by atoms with Gasteiger partial charge in [-0.1, -0.05) is 42.5 Å². The molecule has 1 aromatic heterocycles. The van der Waals surface area contributed by atoms with Crippen molar-refractivity contribution in [3.8, 4) is 11.4 Å². The number of aromatic amines is 1. The van der Waals surface area contributed by atoms with Gasteiger partial charge in [0, 0.05) is 30.8 Å². The van der Waals surface area contributed by atoms with Crippen molar-refractivity contribution < 1.29 is 13.2 Å². The van der Waals surface area contributed by atoms with Crippen LogP contribution in [-0.2, 0) is 25.7 Å². The number of benzene rings is 2. The van der Waals surface area contributed by atoms with Crippen molar-refractivity contribution in [2.75, 3.05) is 6.54 Å². The second kappa shape index (κ2) is 7.24. The Hall–Kier alpha value is -2.93. The van der Waals surface area contributed by atoms with Gasteiger partial charge in [-0.25, -0.2) is 4.98 Å². The first-order valence-corrected chi connectivity index (χ1v) is 8.96. The summed E-state index contributed by atoms with van der Waals surface area (Å²) >= 11 is 0. The summed E-state index contributed by atoms with van der Waals surface area (Å²) in [6.45, 7) is 2.04. The number of halogens is 3. The van der Waals surface area contributed by atoms with Crippen LogP contribution in [0.2, 0.25) is 0 Å². The van der Waals surface area contributed by atoms with E-state index in [9.17, 15) is 18.0 Å². The molecule has 144 valence electrons. The second-order valence-corrected chi connectivity index (χ2v) is 6.86. The van der Waals surface area contributed by atoms with Crippen molar-refractivity contribution in [3.05, 3.63) is 87.3 Å². The van der Waals surface area contributed by atoms with E-state index in [1.165, 1.54) is 17.7 Å². The first-order valence-electron chi connectivity index (χ1n) is 8.96. The molecule has 0 unspecified atom stereocenters. The van der Waals surface area contributed by atoms with Crippen LogP contribution >= 0.6 is 0 Å². The summed E-state index contributed by atoms with van der Waals surface area (Å²) < 4.78 is 38.3. The smallest absolute Gasteiger partial charge is 0.306 e. The third kappa shape index (κ3) is 3.84. The van der Waals surface area contributed by atoms with Gasteiger partial charge in [0.25, 0.3) is 5.56 Å². The van der Waals surface area contributed by atoms with Gasteiger partial charge in [0.15, 0.2) is 0 Å². The average molecular weight is 385 g/mol. The van der Waals surface area contributed by atoms with Crippen molar-refractivity contribution in [2.24, 2.45) is 0 Å². The predicted molar refractivity (Wildman–Crippen MR) is 99.6 cm³/mol. The van der Waals surface area contributed by atoms with E-state index in [0.717, 1.165) is 25.2 Å². The molecule has 0 radical (unpaired) electrons. The van der Waals surface area contributed by atoms with Crippen LogP contribution in [0.5, 0.6) is 0 Å². The van der Waals surface area contributed by atoms with Crippen LogP contribution in [-0.4, -0.2) is 21.4 Å². The fourth-order valence-corrected chi connectivity index (χ4v) is 3.42. The Kier molecular flexibility index (Phi) is 4.77. The largest absolute Gasteiger partial charge is 0.416 e. The van der Waals surface area contributed by atoms with Gasteiger partial charge in [0.2, 0.25) is 0 Å². The highest BCUT2D eigenvalue weighted by Gasteiger charge is 2.30. The van der Waals surface area contributed by atoms with Crippen LogP contribution in [0.25, 0.3) is 11.4 Å². The second-order valence-electron chi connectivity index (χ2n) is 6.86. The summed E-state index contributed by atoms with van der Waals surface area (Å²) in [6.07, 6.45) is -3.80. The number of nitrogens with one attached hydrogen (secondary N) is 1. The molecule has 0 bridgehead atoms. The fraction of sp³-hybridized carbons (Fsp3) is 0.238. The van der Waals surface area contributed by atoms with E-state index in [-0.39, 0.29) is 5.56 Å². The van der Waals surface area contributed by atoms with Crippen molar-refractivity contribution in [1.82, 2.24) is 14.9 Å². The molecule has 1 aliphatic heterocycles. The van der Waals surface area contributed by atoms with Gasteiger partial charge in [0.1, 0.15) is 5.82 Å². The zero-order chi connectivity index (χ0) is 19.7. The first-order chi connectivity index (χ1) is 13.4. The van der Waals surface area contributed by atoms with E-state index >= 15 is 0 Å². The summed E-state index contributed by atoms with van der Waals surface area (Å²) in [5.74, 6) is 0.291. The minimum Gasteiger partial charge on any atom is -0.306 e. The molecule has 2 aromatic carbocycles. The minimum absolute atomic E-state index is 0.223. The molecule has 0 aliphatic carbocycles. The maximum atomic E-state index is 12.8. The standard InChI is InChI=1S/C21H18F3N3O/c22-21(23,24)16-8-6-15(7-9-16)19-25-18-13-27(11-10-17(18)20(28)26-19)12-14-4-2-1-3-5-14/h1-9H,10-13H2,(H,25,26,28). The molecule has 0 saturated heterocycles. The Morgan fingerprint density at radius 2 is 1.75 bits per heavy atom. The molecule has 28 heavy (non-hydrogen) atoms. The zero-order valence-corrected chi connectivity index (χ0v) is 15.0. The highest BCUT2D eigenvalue weighted by Crippen LogP contribution is 2.30. The van der Waals surface area contributed by atoms with Crippen LogP contribution in [0.15, 0.2) is 59.4 Å². The minimum atomic E-state index is -4.40. The molecule has 4 rings (SSSR count). The highest BCUT2D eigenvalue weighted by atomic mass is 19.4. The quantitative estimate of drug-likeness (QED) is 0.741. The molecule has 4 nitrogen and oxygen atoms in total. The summed E-state index contributed by atoms with van der Waals surface area (Å²) in [5, 5.41) is 0. The summed E-state index contributed by atoms with van der Waals surface area (Å²) in [5.41, 5.74) is 2.01. The lowest BCUT2D eigenvalue weighted by atomic mass is 10.0. The number of fused-ring (bicyclic) bond motifs is 1. The topological polar surface area (TPSA) is 49.0 Å². The van der Waals surface area contributed by atoms with Crippen molar-refractivity contribution >= 4 is 0 Å². The molecule has 0 saturated carbocycles. The molecule has 7 heteroatoms. The third-order valence-corrected chi connectivity index (χ3v) is 4.89. The Morgan fingerprint density at radius 3 is 2.43 bits per heavy atom. The molecule has 2 heterocycles. The molecular formula is C21H18F3N3O. The van der Waals surface area contributed by atoms with E-state index in [1.807, 2.05) is 30.3 Å². The lowest BCUT2D eigenvalue weighted by molar-refractivity contribution is -0.137. The van der Waals surface area contributed by atoms with Gasteiger partial charge in [-0.05, 0) is 24.1 Å². The zero-order valence-electron chi connectivity index (χ0n) is 15.0. The van der Waals surface area contributed by atoms with Crippen molar-refractivity contribution in [2.45, 2.75) is 25.7 Å². The van der Waals surface area contributed by atoms with E-state index < -0.39 is 11.7 Å². The molecule has 0 fully saturated rings. The summed E-state index contributed by atoms with van der Waals surface area (Å²) in [6, 6.07) is 14.7. The fourth-order valence-electron chi connectivity index (χ4n) is 3.42. The molecule has 1 N–H and O–H groups in total. The Balaban J connectivity index is 1.60. The predicted octanol–water partition coefficient (Wildman–Crippen LogP) is 4.01. The van der Waals surface area contributed by atoms with Crippen molar-refractivity contribution in [3.63, 3.8) is 0 Å². The third-order valence-electron chi connectivity index (χ3n) is 4.89. The van der Waals surface area contributed by atoms with Crippen LogP contribution in [0, 0.1) is 0 Å². The van der Waals surface area contributed by atoms with Gasteiger partial charge in [0.05, 0.1) is 11.3 Å². The maximum absolute atomic E-state index is 12.8. The Labute approximate surface area is 159 Å². The number of hydrogen-bond acceptors (Lipinski definition) is 3. The number of aromatic nitrogens is 2. The van der Waals surface area contributed by atoms with Gasteiger partial charge in [-0.15, -0.1) is 0 Å². The lowest BCUT2D eigenvalue weighted by Gasteiger charge is -2.27. The molecule has 1 aliphatic rings. The van der Waals surface area contributed by atoms with Crippen LogP contribution < -0.4 is 5.56 Å². The Morgan fingerprint density at radius 1 is 1.04 bits per heavy atom. The van der Waals surface area contributed by atoms with Crippen LogP contribution in [0.3, 0.4) is 0 Å². The lowest BCUT2D eigenvalue weighted by Crippen LogP contribution is -2.35. The van der Waals surface area contributed by atoms with E-state index in [4.69, 9.17) is 0 Å². The summed E-state index contributed by atoms with van der Waals surface area (Å²) in [4.78, 5) is 21.9. The number of hydrogen-bond donors (Lipinski definition) is 1. The normalized spacial score (nSPS) is 14.7. The molecular weight excluding hydrogens is 367 g/mol. The number of nitrogens with zero attached hydrogens (tertiary/aromatic N) is 2. The number of alkyl halides is 3. The number of H-pyrrole nitrogens is 1. The Bertz CT molecular complexity index is 1030. The van der Waals surface area contributed by atoms with Gasteiger partial charge >= 0.3 is 6.18 Å². The average Bonchev–Trinajstić information content (AvgIpc) is 2.68. The SMILES string of the molecule is O=c1[nH]c(-c2ccc(C(F)(F)F)cc2)nc2c1CCN(Cc1ccccc1)C2. The summed E-state index contributed by atoms with van der Waals surface area (Å²) in [7, 11) is 0.